The molecule has 0 aromatic rings. The molecule has 5 heteroatoms. The number of hydrogen-bond acceptors (Lipinski definition) is 3. The first kappa shape index (κ1) is 12.6. The van der Waals surface area contributed by atoms with Gasteiger partial charge in [-0.3, -0.25) is 4.79 Å². The summed E-state index contributed by atoms with van der Waals surface area (Å²) < 4.78 is 0. The number of nitrogens with one attached hydrogen (secondary N) is 1. The van der Waals surface area contributed by atoms with Crippen LogP contribution < -0.4 is 5.32 Å². The average molecular weight is 201 g/mol. The van der Waals surface area contributed by atoms with Crippen LogP contribution in [0.5, 0.6) is 0 Å². The lowest BCUT2D eigenvalue weighted by atomic mass is 10.1. The van der Waals surface area contributed by atoms with Crippen LogP contribution in [0.3, 0.4) is 0 Å². The van der Waals surface area contributed by atoms with Crippen molar-refractivity contribution in [2.24, 2.45) is 0 Å². The molecule has 0 aliphatic rings. The van der Waals surface area contributed by atoms with Gasteiger partial charge in [-0.1, -0.05) is 6.92 Å². The molecule has 0 aromatic heterocycles. The molecule has 3 N–H and O–H groups in total. The van der Waals surface area contributed by atoms with Crippen molar-refractivity contribution < 1.29 is 19.8 Å². The maximum Gasteiger partial charge on any atom is 0.331 e. The van der Waals surface area contributed by atoms with Crippen molar-refractivity contribution in [2.45, 2.75) is 20.3 Å². The lowest BCUT2D eigenvalue weighted by molar-refractivity contribution is -0.136. The predicted octanol–water partition coefficient (Wildman–Crippen LogP) is 0.472. The van der Waals surface area contributed by atoms with Gasteiger partial charge < -0.3 is 15.5 Å². The van der Waals surface area contributed by atoms with Crippen molar-refractivity contribution >= 4 is 11.9 Å². The molecule has 14 heavy (non-hydrogen) atoms. The Labute approximate surface area is 82.4 Å². The lowest BCUT2D eigenvalue weighted by Crippen LogP contribution is -2.25. The molecule has 0 radical (unpaired) electrons. The fourth-order valence-corrected chi connectivity index (χ4v) is 0.994. The standard InChI is InChI=1S/C9H15NO4/c1-3-7(6(2)9(13)14)4-10-5-8(11)12/h10H,3-5H2,1-2H3,(H,11,12)(H,13,14). The van der Waals surface area contributed by atoms with Crippen LogP contribution in [0.15, 0.2) is 11.1 Å². The summed E-state index contributed by atoms with van der Waals surface area (Å²) in [6, 6.07) is 0. The Balaban J connectivity index is 4.22. The first-order chi connectivity index (χ1) is 6.49. The Hall–Kier alpha value is -1.36. The van der Waals surface area contributed by atoms with Crippen molar-refractivity contribution in [3.8, 4) is 0 Å². The maximum absolute atomic E-state index is 10.6. The topological polar surface area (TPSA) is 86.6 Å². The van der Waals surface area contributed by atoms with E-state index in [4.69, 9.17) is 10.2 Å². The smallest absolute Gasteiger partial charge is 0.331 e. The van der Waals surface area contributed by atoms with Crippen LogP contribution in [-0.2, 0) is 9.59 Å². The van der Waals surface area contributed by atoms with Crippen LogP contribution in [0.2, 0.25) is 0 Å². The van der Waals surface area contributed by atoms with Crippen molar-refractivity contribution in [2.75, 3.05) is 13.1 Å². The number of carboxylic acids is 2. The van der Waals surface area contributed by atoms with E-state index in [-0.39, 0.29) is 12.1 Å². The molecule has 0 rings (SSSR count). The summed E-state index contributed by atoms with van der Waals surface area (Å²) >= 11 is 0. The lowest BCUT2D eigenvalue weighted by Gasteiger charge is -2.07. The summed E-state index contributed by atoms with van der Waals surface area (Å²) in [7, 11) is 0. The molecule has 0 fully saturated rings. The predicted molar refractivity (Wildman–Crippen MR) is 51.1 cm³/mol. The highest BCUT2D eigenvalue weighted by Crippen LogP contribution is 2.07. The Morgan fingerprint density at radius 1 is 1.21 bits per heavy atom. The number of aliphatic carboxylic acids is 2. The molecular weight excluding hydrogens is 186 g/mol. The van der Waals surface area contributed by atoms with Gasteiger partial charge in [-0.2, -0.15) is 0 Å². The summed E-state index contributed by atoms with van der Waals surface area (Å²) in [6.45, 7) is 3.51. The largest absolute Gasteiger partial charge is 0.480 e. The minimum absolute atomic E-state index is 0.156. The third-order valence-electron chi connectivity index (χ3n) is 1.89. The highest BCUT2D eigenvalue weighted by molar-refractivity contribution is 5.86. The molecule has 0 saturated heterocycles. The zero-order chi connectivity index (χ0) is 11.1. The summed E-state index contributed by atoms with van der Waals surface area (Å²) in [5.74, 6) is -1.91. The molecule has 0 spiro atoms. The van der Waals surface area contributed by atoms with Crippen LogP contribution in [0.1, 0.15) is 20.3 Å². The Kier molecular flexibility index (Phi) is 5.55. The summed E-state index contributed by atoms with van der Waals surface area (Å²) in [6.07, 6.45) is 0.602. The van der Waals surface area contributed by atoms with E-state index in [1.807, 2.05) is 6.92 Å². The fraction of sp³-hybridized carbons (Fsp3) is 0.556. The normalized spacial score (nSPS) is 12.1. The van der Waals surface area contributed by atoms with Gasteiger partial charge in [0.05, 0.1) is 6.54 Å². The van der Waals surface area contributed by atoms with E-state index >= 15 is 0 Å². The second kappa shape index (κ2) is 6.15. The molecule has 0 aromatic carbocycles. The fourth-order valence-electron chi connectivity index (χ4n) is 0.994. The van der Waals surface area contributed by atoms with E-state index in [1.54, 1.807) is 0 Å². The van der Waals surface area contributed by atoms with Gasteiger partial charge in [-0.15, -0.1) is 0 Å². The van der Waals surface area contributed by atoms with Gasteiger partial charge in [-0.25, -0.2) is 4.79 Å². The summed E-state index contributed by atoms with van der Waals surface area (Å²) in [5.41, 5.74) is 1.00. The van der Waals surface area contributed by atoms with E-state index in [0.29, 0.717) is 13.0 Å². The molecule has 0 atom stereocenters. The minimum Gasteiger partial charge on any atom is -0.480 e. The van der Waals surface area contributed by atoms with Crippen LogP contribution in [-0.4, -0.2) is 35.2 Å². The average Bonchev–Trinajstić information content (AvgIpc) is 2.10. The zero-order valence-electron chi connectivity index (χ0n) is 8.33. The van der Waals surface area contributed by atoms with Crippen molar-refractivity contribution in [1.29, 1.82) is 0 Å². The SMILES string of the molecule is CCC(CNCC(=O)O)=C(C)C(=O)O. The molecule has 0 bridgehead atoms. The second-order valence-electron chi connectivity index (χ2n) is 2.88. The quantitative estimate of drug-likeness (QED) is 0.544. The van der Waals surface area contributed by atoms with Crippen molar-refractivity contribution in [3.05, 3.63) is 11.1 Å². The number of hydrogen-bond donors (Lipinski definition) is 3. The summed E-state index contributed by atoms with van der Waals surface area (Å²) in [4.78, 5) is 20.8. The van der Waals surface area contributed by atoms with E-state index in [9.17, 15) is 9.59 Å². The first-order valence-electron chi connectivity index (χ1n) is 4.33. The van der Waals surface area contributed by atoms with E-state index in [0.717, 1.165) is 5.57 Å². The second-order valence-corrected chi connectivity index (χ2v) is 2.88. The Morgan fingerprint density at radius 2 is 1.79 bits per heavy atom. The van der Waals surface area contributed by atoms with Crippen LogP contribution in [0.4, 0.5) is 0 Å². The zero-order valence-corrected chi connectivity index (χ0v) is 8.33. The van der Waals surface area contributed by atoms with Gasteiger partial charge in [0.15, 0.2) is 0 Å². The minimum atomic E-state index is -0.959. The monoisotopic (exact) mass is 201 g/mol. The number of carbonyl (C=O) groups is 2. The van der Waals surface area contributed by atoms with Gasteiger partial charge in [0.25, 0.3) is 0 Å². The molecule has 0 aliphatic carbocycles. The van der Waals surface area contributed by atoms with Crippen molar-refractivity contribution in [1.82, 2.24) is 5.32 Å². The van der Waals surface area contributed by atoms with Crippen LogP contribution in [0.25, 0.3) is 0 Å². The van der Waals surface area contributed by atoms with Gasteiger partial charge in [-0.05, 0) is 18.9 Å². The molecular formula is C9H15NO4. The van der Waals surface area contributed by atoms with Crippen LogP contribution >= 0.6 is 0 Å². The van der Waals surface area contributed by atoms with E-state index < -0.39 is 11.9 Å². The molecule has 0 aliphatic heterocycles. The van der Waals surface area contributed by atoms with Crippen LogP contribution in [0, 0.1) is 0 Å². The Bertz CT molecular complexity index is 258. The molecule has 0 saturated carbocycles. The molecule has 0 amide bonds. The maximum atomic E-state index is 10.6. The highest BCUT2D eigenvalue weighted by Gasteiger charge is 2.07. The molecule has 80 valence electrons. The number of rotatable bonds is 6. The van der Waals surface area contributed by atoms with E-state index in [2.05, 4.69) is 5.32 Å². The first-order valence-corrected chi connectivity index (χ1v) is 4.33. The van der Waals surface area contributed by atoms with Gasteiger partial charge in [0.2, 0.25) is 0 Å². The van der Waals surface area contributed by atoms with Gasteiger partial charge >= 0.3 is 11.9 Å². The summed E-state index contributed by atoms with van der Waals surface area (Å²) in [5, 5.41) is 19.7. The van der Waals surface area contributed by atoms with Gasteiger partial charge in [0, 0.05) is 12.1 Å². The molecule has 0 heterocycles. The van der Waals surface area contributed by atoms with E-state index in [1.165, 1.54) is 6.92 Å². The molecule has 5 nitrogen and oxygen atoms in total. The molecule has 0 unspecified atom stereocenters. The Morgan fingerprint density at radius 3 is 2.14 bits per heavy atom. The third kappa shape index (κ3) is 4.61. The third-order valence-corrected chi connectivity index (χ3v) is 1.89. The van der Waals surface area contributed by atoms with Gasteiger partial charge in [0.1, 0.15) is 0 Å². The highest BCUT2D eigenvalue weighted by atomic mass is 16.4. The number of carboxylic acid groups (broad SMARTS) is 2. The van der Waals surface area contributed by atoms with Crippen molar-refractivity contribution in [3.63, 3.8) is 0 Å².